The van der Waals surface area contributed by atoms with E-state index in [0.29, 0.717) is 70.2 Å². The zero-order chi connectivity index (χ0) is 42.3. The van der Waals surface area contributed by atoms with E-state index in [1.807, 2.05) is 0 Å². The molecule has 4 aromatic heterocycles. The van der Waals surface area contributed by atoms with Crippen LogP contribution in [0.2, 0.25) is 39.3 Å². The standard InChI is InChI=1S/C19H21F3N4OSi.C14H12BrF3N4O.C5H10Si/c1-28(2,3)10-7-14-12-24-18-17(23-8-4-9-27)25-15-11-13(19(20,21)22)5-6-16(15)26(14)18;15-11-7-20-13-12(19-4-1-5-23)21-9-6-8(14(16,17)18)2-3-10(9)22(11)13;1-5-6(2,3)4/h5-6,11-12,27H,4,8-9H2,1-3H3,(H,23,25);2-3,6-7,23H,1,4-5H2,(H,19,21);1H,2-4H3. The summed E-state index contributed by atoms with van der Waals surface area (Å²) in [5.74, 6) is 3.87. The molecule has 0 fully saturated rings. The average Bonchev–Trinajstić information content (AvgIpc) is 3.74. The maximum atomic E-state index is 13.1. The van der Waals surface area contributed by atoms with Crippen LogP contribution in [0.4, 0.5) is 38.0 Å². The number of halogens is 7. The number of aromatic nitrogens is 6. The minimum Gasteiger partial charge on any atom is -0.396 e. The molecule has 2 aromatic carbocycles. The van der Waals surface area contributed by atoms with Crippen molar-refractivity contribution in [1.29, 1.82) is 0 Å². The molecule has 6 rings (SSSR count). The first-order valence-corrected chi connectivity index (χ1v) is 25.5. The van der Waals surface area contributed by atoms with Crippen LogP contribution in [0.5, 0.6) is 0 Å². The van der Waals surface area contributed by atoms with Gasteiger partial charge in [0.15, 0.2) is 22.9 Å². The van der Waals surface area contributed by atoms with Gasteiger partial charge in [0.25, 0.3) is 0 Å². The lowest BCUT2D eigenvalue weighted by Crippen LogP contribution is -2.16. The predicted molar refractivity (Wildman–Crippen MR) is 221 cm³/mol. The number of aliphatic hydroxyl groups is 2. The summed E-state index contributed by atoms with van der Waals surface area (Å²) in [6.07, 6.45) is 0.385. The Kier molecular flexibility index (Phi) is 14.4. The van der Waals surface area contributed by atoms with Crippen molar-refractivity contribution in [2.24, 2.45) is 0 Å². The zero-order valence-electron chi connectivity index (χ0n) is 32.2. The zero-order valence-corrected chi connectivity index (χ0v) is 35.7. The van der Waals surface area contributed by atoms with Gasteiger partial charge in [0.2, 0.25) is 0 Å². The van der Waals surface area contributed by atoms with Gasteiger partial charge in [0.05, 0.1) is 45.6 Å². The maximum absolute atomic E-state index is 13.1. The van der Waals surface area contributed by atoms with Gasteiger partial charge in [-0.2, -0.15) is 26.3 Å². The summed E-state index contributed by atoms with van der Waals surface area (Å²) in [6, 6.07) is 6.88. The smallest absolute Gasteiger partial charge is 0.396 e. The van der Waals surface area contributed by atoms with Gasteiger partial charge in [-0.1, -0.05) is 45.2 Å². The molecule has 0 aliphatic rings. The van der Waals surface area contributed by atoms with E-state index in [4.69, 9.17) is 16.6 Å². The van der Waals surface area contributed by atoms with E-state index in [-0.39, 0.29) is 24.2 Å². The van der Waals surface area contributed by atoms with Crippen LogP contribution in [0.1, 0.15) is 29.7 Å². The van der Waals surface area contributed by atoms with Crippen LogP contribution in [0.15, 0.2) is 53.4 Å². The van der Waals surface area contributed by atoms with E-state index >= 15 is 0 Å². The molecule has 4 heterocycles. The Bertz CT molecular complexity index is 2460. The second-order valence-electron chi connectivity index (χ2n) is 14.8. The van der Waals surface area contributed by atoms with Crippen LogP contribution in [-0.2, 0) is 12.4 Å². The SMILES string of the molecule is C#C[Si](C)(C)C.C[Si](C)(C)C#Cc1cnc2c(NCCCO)nc3cc(C(F)(F)F)ccc3n12.OCCCNc1nc2cc(C(F)(F)F)ccc2n2c(Br)cnc12. The van der Waals surface area contributed by atoms with Crippen molar-refractivity contribution in [1.82, 2.24) is 28.7 Å². The molecule has 0 spiro atoms. The molecule has 0 atom stereocenters. The fourth-order valence-electron chi connectivity index (χ4n) is 4.94. The number of terminal acetylenes is 1. The highest BCUT2D eigenvalue weighted by molar-refractivity contribution is 9.10. The van der Waals surface area contributed by atoms with Gasteiger partial charge in [-0.05, 0) is 65.2 Å². The van der Waals surface area contributed by atoms with Crippen molar-refractivity contribution in [3.8, 4) is 23.4 Å². The van der Waals surface area contributed by atoms with Crippen molar-refractivity contribution in [3.63, 3.8) is 0 Å². The average molecular weight is 894 g/mol. The number of nitrogens with one attached hydrogen (secondary N) is 2. The third-order valence-electron chi connectivity index (χ3n) is 7.71. The number of imidazole rings is 2. The van der Waals surface area contributed by atoms with Crippen LogP contribution in [0.3, 0.4) is 0 Å². The third-order valence-corrected chi connectivity index (χ3v) is 10.0. The Balaban J connectivity index is 0.000000224. The Labute approximate surface area is 336 Å². The van der Waals surface area contributed by atoms with E-state index in [1.54, 1.807) is 21.2 Å². The van der Waals surface area contributed by atoms with Gasteiger partial charge in [-0.15, -0.1) is 17.5 Å². The fourth-order valence-corrected chi connectivity index (χ4v) is 5.90. The molecule has 304 valence electrons. The normalized spacial score (nSPS) is 12.0. The molecule has 4 N–H and O–H groups in total. The van der Waals surface area contributed by atoms with Gasteiger partial charge in [-0.25, -0.2) is 19.9 Å². The van der Waals surface area contributed by atoms with E-state index in [2.05, 4.69) is 103 Å². The maximum Gasteiger partial charge on any atom is 0.416 e. The van der Waals surface area contributed by atoms with Crippen molar-refractivity contribution < 1.29 is 36.6 Å². The van der Waals surface area contributed by atoms with Crippen LogP contribution in [0, 0.1) is 23.4 Å². The quantitative estimate of drug-likeness (QED) is 0.0518. The van der Waals surface area contributed by atoms with Gasteiger partial charge in [0.1, 0.15) is 26.4 Å². The lowest BCUT2D eigenvalue weighted by Gasteiger charge is -2.12. The highest BCUT2D eigenvalue weighted by atomic mass is 79.9. The summed E-state index contributed by atoms with van der Waals surface area (Å²) >= 11 is 3.34. The lowest BCUT2D eigenvalue weighted by molar-refractivity contribution is -0.138. The number of rotatable bonds is 8. The Morgan fingerprint density at radius 3 is 1.58 bits per heavy atom. The molecule has 0 aliphatic heterocycles. The Morgan fingerprint density at radius 1 is 0.719 bits per heavy atom. The first-order chi connectivity index (χ1) is 26.6. The summed E-state index contributed by atoms with van der Waals surface area (Å²) in [6.45, 7) is 13.6. The summed E-state index contributed by atoms with van der Waals surface area (Å²) in [5.41, 5.74) is 7.52. The summed E-state index contributed by atoms with van der Waals surface area (Å²) in [4.78, 5) is 17.2. The Hall–Kier alpha value is -4.67. The predicted octanol–water partition coefficient (Wildman–Crippen LogP) is 8.88. The number of anilines is 2. The van der Waals surface area contributed by atoms with E-state index in [1.165, 1.54) is 12.1 Å². The van der Waals surface area contributed by atoms with Crippen molar-refractivity contribution in [2.75, 3.05) is 36.9 Å². The van der Waals surface area contributed by atoms with Crippen LogP contribution in [-0.4, -0.2) is 81.4 Å². The molecule has 10 nitrogen and oxygen atoms in total. The van der Waals surface area contributed by atoms with Crippen molar-refractivity contribution in [2.45, 2.75) is 64.5 Å². The topological polar surface area (TPSA) is 125 Å². The summed E-state index contributed by atoms with van der Waals surface area (Å²) in [7, 11) is -2.75. The van der Waals surface area contributed by atoms with Crippen molar-refractivity contribution >= 4 is 77.1 Å². The number of hydrogen-bond donors (Lipinski definition) is 4. The first-order valence-electron chi connectivity index (χ1n) is 17.7. The third kappa shape index (κ3) is 11.9. The fraction of sp³-hybridized carbons (Fsp3) is 0.368. The molecule has 0 bridgehead atoms. The molecule has 0 unspecified atom stereocenters. The molecule has 0 amide bonds. The number of aliphatic hydroxyl groups excluding tert-OH is 2. The lowest BCUT2D eigenvalue weighted by atomic mass is 10.2. The summed E-state index contributed by atoms with van der Waals surface area (Å²) in [5, 5.41) is 23.9. The molecule has 0 radical (unpaired) electrons. The number of alkyl halides is 6. The molecule has 6 aromatic rings. The van der Waals surface area contributed by atoms with Gasteiger partial charge < -0.3 is 20.8 Å². The second-order valence-corrected chi connectivity index (χ2v) is 25.1. The summed E-state index contributed by atoms with van der Waals surface area (Å²) < 4.78 is 82.2. The minimum atomic E-state index is -4.45. The van der Waals surface area contributed by atoms with Gasteiger partial charge in [-0.3, -0.25) is 8.80 Å². The Morgan fingerprint density at radius 2 is 1.16 bits per heavy atom. The highest BCUT2D eigenvalue weighted by Crippen LogP contribution is 2.34. The molecule has 0 aliphatic carbocycles. The van der Waals surface area contributed by atoms with Gasteiger partial charge in [0, 0.05) is 26.3 Å². The van der Waals surface area contributed by atoms with Crippen molar-refractivity contribution in [3.05, 3.63) is 70.2 Å². The molecule has 19 heteroatoms. The second kappa shape index (κ2) is 18.3. The van der Waals surface area contributed by atoms with Crippen LogP contribution >= 0.6 is 15.9 Å². The minimum absolute atomic E-state index is 0.00351. The van der Waals surface area contributed by atoms with E-state index in [9.17, 15) is 26.3 Å². The van der Waals surface area contributed by atoms with Gasteiger partial charge >= 0.3 is 12.4 Å². The highest BCUT2D eigenvalue weighted by Gasteiger charge is 2.32. The monoisotopic (exact) mass is 892 g/mol. The number of nitrogens with zero attached hydrogens (tertiary/aromatic N) is 6. The number of hydrogen-bond acceptors (Lipinski definition) is 8. The van der Waals surface area contributed by atoms with Crippen LogP contribution < -0.4 is 10.6 Å². The van der Waals surface area contributed by atoms with E-state index in [0.717, 1.165) is 24.3 Å². The molecular formula is C38H43BrF6N8O2Si2. The largest absolute Gasteiger partial charge is 0.416 e. The number of fused-ring (bicyclic) bond motifs is 6. The number of benzene rings is 2. The molecular weight excluding hydrogens is 851 g/mol. The molecule has 0 saturated carbocycles. The first kappa shape index (κ1) is 45.0. The molecule has 0 saturated heterocycles. The van der Waals surface area contributed by atoms with E-state index < -0.39 is 39.6 Å². The van der Waals surface area contributed by atoms with Crippen LogP contribution in [0.25, 0.3) is 33.4 Å². The molecule has 57 heavy (non-hydrogen) atoms.